The number of hydroxylamine groups is 1. The number of anilines is 1. The van der Waals surface area contributed by atoms with E-state index in [1.54, 1.807) is 12.1 Å². The number of non-ortho nitro benzene ring substituents is 1. The van der Waals surface area contributed by atoms with E-state index in [4.69, 9.17) is 4.84 Å². The summed E-state index contributed by atoms with van der Waals surface area (Å²) in [7, 11) is 1.46. The summed E-state index contributed by atoms with van der Waals surface area (Å²) in [5, 5.41) is 10.4. The lowest BCUT2D eigenvalue weighted by Gasteiger charge is -2.06. The second kappa shape index (κ2) is 5.91. The van der Waals surface area contributed by atoms with Crippen LogP contribution >= 0.6 is 0 Å². The van der Waals surface area contributed by atoms with Gasteiger partial charge in [0.2, 0.25) is 0 Å². The molecule has 0 fully saturated rings. The molecule has 7 heteroatoms. The minimum absolute atomic E-state index is 0.00306. The Labute approximate surface area is 86.0 Å². The van der Waals surface area contributed by atoms with Crippen molar-refractivity contribution in [2.45, 2.75) is 0 Å². The van der Waals surface area contributed by atoms with Crippen LogP contribution in [0, 0.1) is 10.1 Å². The lowest BCUT2D eigenvalue weighted by atomic mass is 10.3. The standard InChI is InChI=1S/C8H11N3O4/c1-14-9-6-15-10-7-3-2-4-8(5-7)11(12)13/h2-5,9-10H,6H2,1H3. The first-order valence-corrected chi connectivity index (χ1v) is 4.12. The van der Waals surface area contributed by atoms with E-state index >= 15 is 0 Å². The second-order valence-corrected chi connectivity index (χ2v) is 2.55. The first kappa shape index (κ1) is 11.4. The Kier molecular flexibility index (Phi) is 4.48. The zero-order chi connectivity index (χ0) is 11.1. The molecule has 0 bridgehead atoms. The molecule has 0 amide bonds. The van der Waals surface area contributed by atoms with Crippen LogP contribution < -0.4 is 11.0 Å². The van der Waals surface area contributed by atoms with E-state index in [-0.39, 0.29) is 12.4 Å². The number of nitro benzene ring substituents is 1. The predicted octanol–water partition coefficient (Wildman–Crippen LogP) is 1.05. The molecule has 0 heterocycles. The van der Waals surface area contributed by atoms with Gasteiger partial charge in [0.15, 0.2) is 0 Å². The highest BCUT2D eigenvalue weighted by molar-refractivity contribution is 5.49. The van der Waals surface area contributed by atoms with Crippen LogP contribution in [0.3, 0.4) is 0 Å². The summed E-state index contributed by atoms with van der Waals surface area (Å²) in [6, 6.07) is 5.98. The number of nitro groups is 1. The summed E-state index contributed by atoms with van der Waals surface area (Å²) in [6.45, 7) is 0.124. The number of hydrogen-bond acceptors (Lipinski definition) is 6. The van der Waals surface area contributed by atoms with Crippen molar-refractivity contribution in [1.29, 1.82) is 0 Å². The molecule has 0 aliphatic heterocycles. The first-order valence-electron chi connectivity index (χ1n) is 4.12. The van der Waals surface area contributed by atoms with Gasteiger partial charge in [0, 0.05) is 12.1 Å². The fraction of sp³-hybridized carbons (Fsp3) is 0.250. The molecule has 0 unspecified atom stereocenters. The molecule has 82 valence electrons. The monoisotopic (exact) mass is 213 g/mol. The van der Waals surface area contributed by atoms with E-state index in [0.29, 0.717) is 5.69 Å². The molecule has 0 saturated heterocycles. The molecule has 1 rings (SSSR count). The minimum atomic E-state index is -0.474. The van der Waals surface area contributed by atoms with Crippen molar-refractivity contribution in [1.82, 2.24) is 5.48 Å². The molecular weight excluding hydrogens is 202 g/mol. The van der Waals surface area contributed by atoms with Gasteiger partial charge in [0.05, 0.1) is 17.7 Å². The Morgan fingerprint density at radius 2 is 2.33 bits per heavy atom. The molecule has 7 nitrogen and oxygen atoms in total. The summed E-state index contributed by atoms with van der Waals surface area (Å²) >= 11 is 0. The first-order chi connectivity index (χ1) is 7.24. The molecule has 2 N–H and O–H groups in total. The van der Waals surface area contributed by atoms with Crippen LogP contribution in [0.2, 0.25) is 0 Å². The van der Waals surface area contributed by atoms with E-state index in [1.165, 1.54) is 19.2 Å². The third-order valence-electron chi connectivity index (χ3n) is 1.52. The predicted molar refractivity (Wildman–Crippen MR) is 52.8 cm³/mol. The maximum absolute atomic E-state index is 10.4. The average Bonchev–Trinajstić information content (AvgIpc) is 2.25. The van der Waals surface area contributed by atoms with Crippen molar-refractivity contribution < 1.29 is 14.6 Å². The van der Waals surface area contributed by atoms with Crippen LogP contribution in [-0.2, 0) is 9.68 Å². The summed E-state index contributed by atoms with van der Waals surface area (Å²) in [5.74, 6) is 0. The molecular formula is C8H11N3O4. The number of rotatable bonds is 6. The molecule has 0 aliphatic rings. The smallest absolute Gasteiger partial charge is 0.271 e. The van der Waals surface area contributed by atoms with Gasteiger partial charge < -0.3 is 4.84 Å². The van der Waals surface area contributed by atoms with E-state index < -0.39 is 4.92 Å². The number of nitrogens with zero attached hydrogens (tertiary/aromatic N) is 1. The zero-order valence-electron chi connectivity index (χ0n) is 8.10. The van der Waals surface area contributed by atoms with Crippen molar-refractivity contribution in [3.8, 4) is 0 Å². The summed E-state index contributed by atoms with van der Waals surface area (Å²) < 4.78 is 0. The second-order valence-electron chi connectivity index (χ2n) is 2.55. The van der Waals surface area contributed by atoms with Crippen molar-refractivity contribution in [3.63, 3.8) is 0 Å². The minimum Gasteiger partial charge on any atom is -0.303 e. The lowest BCUT2D eigenvalue weighted by Crippen LogP contribution is -2.18. The van der Waals surface area contributed by atoms with Gasteiger partial charge in [-0.1, -0.05) is 6.07 Å². The van der Waals surface area contributed by atoms with Gasteiger partial charge in [-0.3, -0.25) is 20.4 Å². The van der Waals surface area contributed by atoms with Gasteiger partial charge in [-0.15, -0.1) is 0 Å². The van der Waals surface area contributed by atoms with Crippen LogP contribution in [0.15, 0.2) is 24.3 Å². The Balaban J connectivity index is 2.47. The summed E-state index contributed by atoms with van der Waals surface area (Å²) in [5.41, 5.74) is 5.47. The van der Waals surface area contributed by atoms with E-state index in [9.17, 15) is 10.1 Å². The van der Waals surface area contributed by atoms with Crippen molar-refractivity contribution in [3.05, 3.63) is 34.4 Å². The molecule has 0 spiro atoms. The van der Waals surface area contributed by atoms with Crippen LogP contribution in [0.5, 0.6) is 0 Å². The Bertz CT molecular complexity index is 331. The van der Waals surface area contributed by atoms with Gasteiger partial charge in [-0.25, -0.2) is 0 Å². The number of hydrogen-bond donors (Lipinski definition) is 2. The fourth-order valence-corrected chi connectivity index (χ4v) is 0.891. The van der Waals surface area contributed by atoms with Gasteiger partial charge in [-0.05, 0) is 6.07 Å². The molecule has 0 atom stereocenters. The van der Waals surface area contributed by atoms with Crippen molar-refractivity contribution >= 4 is 11.4 Å². The quantitative estimate of drug-likeness (QED) is 0.318. The highest BCUT2D eigenvalue weighted by Gasteiger charge is 2.04. The maximum atomic E-state index is 10.4. The molecule has 0 radical (unpaired) electrons. The Hall–Kier alpha value is -1.70. The van der Waals surface area contributed by atoms with Crippen LogP contribution in [-0.4, -0.2) is 18.8 Å². The Morgan fingerprint density at radius 1 is 1.53 bits per heavy atom. The summed E-state index contributed by atoms with van der Waals surface area (Å²) in [4.78, 5) is 19.4. The molecule has 15 heavy (non-hydrogen) atoms. The van der Waals surface area contributed by atoms with E-state index in [1.807, 2.05) is 0 Å². The van der Waals surface area contributed by atoms with Crippen LogP contribution in [0.25, 0.3) is 0 Å². The third kappa shape index (κ3) is 3.90. The van der Waals surface area contributed by atoms with E-state index in [2.05, 4.69) is 15.8 Å². The number of benzene rings is 1. The van der Waals surface area contributed by atoms with Gasteiger partial charge >= 0.3 is 0 Å². The van der Waals surface area contributed by atoms with Gasteiger partial charge in [0.1, 0.15) is 6.73 Å². The van der Waals surface area contributed by atoms with Crippen LogP contribution in [0.4, 0.5) is 11.4 Å². The molecule has 0 saturated carbocycles. The van der Waals surface area contributed by atoms with Gasteiger partial charge in [0.25, 0.3) is 5.69 Å². The van der Waals surface area contributed by atoms with Crippen molar-refractivity contribution in [2.24, 2.45) is 0 Å². The summed E-state index contributed by atoms with van der Waals surface area (Å²) in [6.07, 6.45) is 0. The lowest BCUT2D eigenvalue weighted by molar-refractivity contribution is -0.384. The third-order valence-corrected chi connectivity index (χ3v) is 1.52. The zero-order valence-corrected chi connectivity index (χ0v) is 8.10. The largest absolute Gasteiger partial charge is 0.303 e. The number of nitrogens with one attached hydrogen (secondary N) is 2. The fourth-order valence-electron chi connectivity index (χ4n) is 0.891. The maximum Gasteiger partial charge on any atom is 0.271 e. The topological polar surface area (TPSA) is 85.7 Å². The SMILES string of the molecule is CONCONc1cccc([N+](=O)[O-])c1. The molecule has 0 aliphatic carbocycles. The highest BCUT2D eigenvalue weighted by atomic mass is 16.7. The molecule has 0 aromatic heterocycles. The van der Waals surface area contributed by atoms with Crippen molar-refractivity contribution in [2.75, 3.05) is 19.3 Å². The average molecular weight is 213 g/mol. The van der Waals surface area contributed by atoms with Gasteiger partial charge in [-0.2, -0.15) is 5.48 Å². The van der Waals surface area contributed by atoms with E-state index in [0.717, 1.165) is 0 Å². The highest BCUT2D eigenvalue weighted by Crippen LogP contribution is 2.16. The Morgan fingerprint density at radius 3 is 3.00 bits per heavy atom. The van der Waals surface area contributed by atoms with Crippen LogP contribution in [0.1, 0.15) is 0 Å². The molecule has 1 aromatic rings. The molecule has 1 aromatic carbocycles. The normalized spacial score (nSPS) is 9.93.